The Morgan fingerprint density at radius 1 is 1.15 bits per heavy atom. The van der Waals surface area contributed by atoms with Crippen molar-refractivity contribution in [1.82, 2.24) is 9.66 Å². The number of nitriles is 1. The first-order valence-electron chi connectivity index (χ1n) is 10.6. The van der Waals surface area contributed by atoms with Gasteiger partial charge < -0.3 is 9.47 Å². The van der Waals surface area contributed by atoms with Crippen molar-refractivity contribution in [3.05, 3.63) is 98.0 Å². The average Bonchev–Trinajstić information content (AvgIpc) is 2.87. The van der Waals surface area contributed by atoms with Gasteiger partial charge in [-0.3, -0.25) is 4.79 Å². The van der Waals surface area contributed by atoms with E-state index in [0.717, 1.165) is 15.6 Å². The number of nitrogens with zero attached hydrogens (tertiary/aromatic N) is 4. The van der Waals surface area contributed by atoms with Crippen LogP contribution in [0, 0.1) is 11.3 Å². The van der Waals surface area contributed by atoms with Crippen molar-refractivity contribution in [3.63, 3.8) is 0 Å². The second kappa shape index (κ2) is 10.3. The number of fused-ring (bicyclic) bond motifs is 1. The molecule has 34 heavy (non-hydrogen) atoms. The van der Waals surface area contributed by atoms with Gasteiger partial charge in [0.1, 0.15) is 12.4 Å². The summed E-state index contributed by atoms with van der Waals surface area (Å²) in [5.41, 5.74) is 2.49. The summed E-state index contributed by atoms with van der Waals surface area (Å²) in [6, 6.07) is 20.2. The van der Waals surface area contributed by atoms with E-state index in [-0.39, 0.29) is 12.2 Å². The quantitative estimate of drug-likeness (QED) is 0.320. The van der Waals surface area contributed by atoms with Crippen LogP contribution in [-0.4, -0.2) is 23.0 Å². The van der Waals surface area contributed by atoms with E-state index in [1.54, 1.807) is 37.6 Å². The number of benzene rings is 3. The van der Waals surface area contributed by atoms with Gasteiger partial charge in [-0.2, -0.15) is 15.0 Å². The lowest BCUT2D eigenvalue weighted by molar-refractivity contribution is 0.284. The topological polar surface area (TPSA) is 89.5 Å². The van der Waals surface area contributed by atoms with Gasteiger partial charge in [-0.05, 0) is 48.0 Å². The van der Waals surface area contributed by atoms with Crippen molar-refractivity contribution in [2.75, 3.05) is 7.11 Å². The van der Waals surface area contributed by atoms with Gasteiger partial charge in [-0.15, -0.1) is 0 Å². The summed E-state index contributed by atoms with van der Waals surface area (Å²) in [5.74, 6) is 1.62. The summed E-state index contributed by atoms with van der Waals surface area (Å²) in [7, 11) is 1.55. The molecule has 7 nitrogen and oxygen atoms in total. The van der Waals surface area contributed by atoms with Gasteiger partial charge in [-0.1, -0.05) is 41.1 Å². The number of halogens is 1. The molecular formula is C26H21BrN4O3. The zero-order chi connectivity index (χ0) is 24.1. The highest BCUT2D eigenvalue weighted by Crippen LogP contribution is 2.28. The molecule has 0 aliphatic carbocycles. The minimum absolute atomic E-state index is 0.234. The van der Waals surface area contributed by atoms with E-state index in [9.17, 15) is 10.1 Å². The van der Waals surface area contributed by atoms with Crippen molar-refractivity contribution >= 4 is 33.0 Å². The highest BCUT2D eigenvalue weighted by atomic mass is 79.9. The molecular weight excluding hydrogens is 496 g/mol. The number of rotatable bonds is 7. The monoisotopic (exact) mass is 516 g/mol. The number of aryl methyl sites for hydroxylation is 1. The van der Waals surface area contributed by atoms with Crippen LogP contribution in [0.25, 0.3) is 10.9 Å². The van der Waals surface area contributed by atoms with E-state index in [0.29, 0.717) is 40.2 Å². The minimum Gasteiger partial charge on any atom is -0.493 e. The van der Waals surface area contributed by atoms with Crippen molar-refractivity contribution in [1.29, 1.82) is 5.26 Å². The molecule has 4 rings (SSSR count). The van der Waals surface area contributed by atoms with Crippen LogP contribution in [0.2, 0.25) is 0 Å². The predicted molar refractivity (Wildman–Crippen MR) is 135 cm³/mol. The van der Waals surface area contributed by atoms with Crippen LogP contribution in [0.5, 0.6) is 11.5 Å². The van der Waals surface area contributed by atoms with Crippen molar-refractivity contribution in [2.45, 2.75) is 20.0 Å². The zero-order valence-electron chi connectivity index (χ0n) is 18.7. The van der Waals surface area contributed by atoms with Crippen LogP contribution < -0.4 is 15.0 Å². The van der Waals surface area contributed by atoms with E-state index >= 15 is 0 Å². The summed E-state index contributed by atoms with van der Waals surface area (Å²) in [6.07, 6.45) is 2.14. The fraction of sp³-hybridized carbons (Fsp3) is 0.154. The minimum atomic E-state index is -0.234. The molecule has 1 heterocycles. The molecule has 1 aromatic heterocycles. The lowest BCUT2D eigenvalue weighted by atomic mass is 10.1. The Kier molecular flexibility index (Phi) is 7.04. The fourth-order valence-corrected chi connectivity index (χ4v) is 3.82. The van der Waals surface area contributed by atoms with E-state index in [4.69, 9.17) is 9.47 Å². The highest BCUT2D eigenvalue weighted by molar-refractivity contribution is 9.10. The number of aromatic nitrogens is 2. The van der Waals surface area contributed by atoms with Gasteiger partial charge in [0.25, 0.3) is 5.56 Å². The van der Waals surface area contributed by atoms with Gasteiger partial charge in [0, 0.05) is 16.5 Å². The lowest BCUT2D eigenvalue weighted by Gasteiger charge is -2.12. The molecule has 3 aromatic carbocycles. The van der Waals surface area contributed by atoms with Crippen LogP contribution in [0.3, 0.4) is 0 Å². The van der Waals surface area contributed by atoms with Crippen LogP contribution in [0.1, 0.15) is 29.4 Å². The Morgan fingerprint density at radius 2 is 1.97 bits per heavy atom. The summed E-state index contributed by atoms with van der Waals surface area (Å²) < 4.78 is 13.5. The fourth-order valence-electron chi connectivity index (χ4n) is 3.46. The summed E-state index contributed by atoms with van der Waals surface area (Å²) in [4.78, 5) is 17.6. The molecule has 0 saturated carbocycles. The van der Waals surface area contributed by atoms with E-state index in [1.165, 1.54) is 4.68 Å². The van der Waals surface area contributed by atoms with Gasteiger partial charge in [0.2, 0.25) is 0 Å². The Hall–Kier alpha value is -3.96. The van der Waals surface area contributed by atoms with Crippen LogP contribution in [-0.2, 0) is 13.0 Å². The molecule has 8 heteroatoms. The highest BCUT2D eigenvalue weighted by Gasteiger charge is 2.11. The van der Waals surface area contributed by atoms with Crippen molar-refractivity contribution in [3.8, 4) is 17.6 Å². The van der Waals surface area contributed by atoms with Gasteiger partial charge in [-0.25, -0.2) is 4.98 Å². The average molecular weight is 517 g/mol. The number of ether oxygens (including phenoxy) is 2. The summed E-state index contributed by atoms with van der Waals surface area (Å²) in [6.45, 7) is 2.17. The number of hydrogen-bond donors (Lipinski definition) is 0. The Labute approximate surface area is 205 Å². The number of methoxy groups -OCH3 is 1. The smallest absolute Gasteiger partial charge is 0.282 e. The Bertz CT molecular complexity index is 1490. The van der Waals surface area contributed by atoms with E-state index in [1.807, 2.05) is 43.3 Å². The first-order chi connectivity index (χ1) is 16.5. The maximum Gasteiger partial charge on any atom is 0.282 e. The molecule has 0 spiro atoms. The third kappa shape index (κ3) is 4.85. The first kappa shape index (κ1) is 23.2. The van der Waals surface area contributed by atoms with Crippen molar-refractivity contribution in [2.24, 2.45) is 5.10 Å². The molecule has 0 N–H and O–H groups in total. The normalized spacial score (nSPS) is 11.0. The molecule has 0 fully saturated rings. The second-order valence-electron chi connectivity index (χ2n) is 7.37. The standard InChI is InChI=1S/C26H21BrN4O3/c1-3-25-30-22-10-9-20(27)13-21(22)26(32)31(25)29-15-17-8-11-23(24(12-17)33-2)34-16-19-7-5-4-6-18(19)14-28/h4-13,15H,3,16H2,1-2H3. The molecule has 0 unspecified atom stereocenters. The predicted octanol–water partition coefficient (Wildman–Crippen LogP) is 5.06. The second-order valence-corrected chi connectivity index (χ2v) is 8.29. The molecule has 0 saturated heterocycles. The molecule has 170 valence electrons. The van der Waals surface area contributed by atoms with E-state index < -0.39 is 0 Å². The first-order valence-corrected chi connectivity index (χ1v) is 11.4. The summed E-state index contributed by atoms with van der Waals surface area (Å²) in [5, 5.41) is 14.2. The molecule has 0 atom stereocenters. The third-order valence-electron chi connectivity index (χ3n) is 5.22. The number of hydrogen-bond acceptors (Lipinski definition) is 6. The van der Waals surface area contributed by atoms with Crippen LogP contribution >= 0.6 is 15.9 Å². The molecule has 0 bridgehead atoms. The largest absolute Gasteiger partial charge is 0.493 e. The van der Waals surface area contributed by atoms with Gasteiger partial charge >= 0.3 is 0 Å². The molecule has 4 aromatic rings. The summed E-state index contributed by atoms with van der Waals surface area (Å²) >= 11 is 3.40. The van der Waals surface area contributed by atoms with E-state index in [2.05, 4.69) is 32.1 Å². The Balaban J connectivity index is 1.62. The molecule has 0 aliphatic heterocycles. The SMILES string of the molecule is CCc1nc2ccc(Br)cc2c(=O)n1N=Cc1ccc(OCc2ccccc2C#N)c(OC)c1. The maximum absolute atomic E-state index is 13.1. The van der Waals surface area contributed by atoms with Crippen LogP contribution in [0.15, 0.2) is 75.0 Å². The lowest BCUT2D eigenvalue weighted by Crippen LogP contribution is -2.22. The maximum atomic E-state index is 13.1. The van der Waals surface area contributed by atoms with Crippen molar-refractivity contribution < 1.29 is 9.47 Å². The molecule has 0 radical (unpaired) electrons. The van der Waals surface area contributed by atoms with Gasteiger partial charge in [0.05, 0.1) is 35.9 Å². The third-order valence-corrected chi connectivity index (χ3v) is 5.72. The zero-order valence-corrected chi connectivity index (χ0v) is 20.2. The molecule has 0 amide bonds. The Morgan fingerprint density at radius 3 is 2.74 bits per heavy atom. The van der Waals surface area contributed by atoms with Gasteiger partial charge in [0.15, 0.2) is 11.5 Å². The molecule has 0 aliphatic rings. The van der Waals surface area contributed by atoms with Crippen LogP contribution in [0.4, 0.5) is 0 Å².